The van der Waals surface area contributed by atoms with E-state index in [1.807, 2.05) is 0 Å². The van der Waals surface area contributed by atoms with Gasteiger partial charge in [0.2, 0.25) is 0 Å². The second-order valence-corrected chi connectivity index (χ2v) is 3.00. The van der Waals surface area contributed by atoms with Gasteiger partial charge in [0.15, 0.2) is 5.78 Å². The highest BCUT2D eigenvalue weighted by Gasteiger charge is 2.13. The Bertz CT molecular complexity index is 336. The summed E-state index contributed by atoms with van der Waals surface area (Å²) in [5, 5.41) is -0.0139. The van der Waals surface area contributed by atoms with Crippen LogP contribution in [0.4, 0.5) is 8.78 Å². The van der Waals surface area contributed by atoms with Gasteiger partial charge in [0, 0.05) is 16.1 Å². The normalized spacial score (nSPS) is 10.5. The van der Waals surface area contributed by atoms with Gasteiger partial charge in [-0.1, -0.05) is 11.6 Å². The van der Waals surface area contributed by atoms with Crippen molar-refractivity contribution in [2.75, 3.05) is 0 Å². The molecular formula is C9H7ClF2O. The number of rotatable bonds is 2. The Morgan fingerprint density at radius 2 is 2.08 bits per heavy atom. The molecule has 0 atom stereocenters. The Labute approximate surface area is 79.3 Å². The molecule has 0 saturated carbocycles. The van der Waals surface area contributed by atoms with E-state index in [1.54, 1.807) is 0 Å². The molecule has 4 heteroatoms. The van der Waals surface area contributed by atoms with Gasteiger partial charge in [-0.2, -0.15) is 0 Å². The van der Waals surface area contributed by atoms with Crippen LogP contribution in [-0.2, 0) is 0 Å². The third-order valence-electron chi connectivity index (χ3n) is 1.64. The van der Waals surface area contributed by atoms with E-state index in [1.165, 1.54) is 19.1 Å². The van der Waals surface area contributed by atoms with Crippen LogP contribution in [0.5, 0.6) is 0 Å². The number of benzene rings is 1. The first-order valence-electron chi connectivity index (χ1n) is 3.61. The van der Waals surface area contributed by atoms with Gasteiger partial charge in [-0.05, 0) is 25.1 Å². The Balaban J connectivity index is 3.19. The lowest BCUT2D eigenvalue weighted by molar-refractivity contribution is 0.101. The number of hydrogen-bond acceptors (Lipinski definition) is 1. The SMILES string of the molecule is CC(=O)c1ccc(Cl)c(C(F)F)c1. The first kappa shape index (κ1) is 10.1. The number of carbonyl (C=O) groups is 1. The van der Waals surface area contributed by atoms with Crippen molar-refractivity contribution in [3.63, 3.8) is 0 Å². The zero-order chi connectivity index (χ0) is 10.0. The number of carbonyl (C=O) groups excluding carboxylic acids is 1. The standard InChI is InChI=1S/C9H7ClF2O/c1-5(13)6-2-3-8(10)7(4-6)9(11)12/h2-4,9H,1H3. The number of halogens is 3. The average molecular weight is 205 g/mol. The van der Waals surface area contributed by atoms with Crippen LogP contribution in [0.25, 0.3) is 0 Å². The van der Waals surface area contributed by atoms with E-state index in [0.717, 1.165) is 6.07 Å². The predicted molar refractivity (Wildman–Crippen MR) is 46.4 cm³/mol. The zero-order valence-corrected chi connectivity index (χ0v) is 7.61. The molecule has 0 saturated heterocycles. The summed E-state index contributed by atoms with van der Waals surface area (Å²) in [5.41, 5.74) is -0.0472. The van der Waals surface area contributed by atoms with Crippen molar-refractivity contribution in [2.24, 2.45) is 0 Å². The fraction of sp³-hybridized carbons (Fsp3) is 0.222. The van der Waals surface area contributed by atoms with Crippen LogP contribution in [0, 0.1) is 0 Å². The molecule has 0 heterocycles. The molecule has 13 heavy (non-hydrogen) atoms. The first-order valence-corrected chi connectivity index (χ1v) is 3.98. The molecule has 0 unspecified atom stereocenters. The van der Waals surface area contributed by atoms with E-state index in [0.29, 0.717) is 0 Å². The number of ketones is 1. The molecule has 70 valence electrons. The van der Waals surface area contributed by atoms with E-state index in [9.17, 15) is 13.6 Å². The van der Waals surface area contributed by atoms with Crippen LogP contribution in [0.2, 0.25) is 5.02 Å². The van der Waals surface area contributed by atoms with Crippen LogP contribution in [0.1, 0.15) is 29.3 Å². The van der Waals surface area contributed by atoms with Gasteiger partial charge in [-0.3, -0.25) is 4.79 Å². The Morgan fingerprint density at radius 3 is 2.54 bits per heavy atom. The molecule has 0 amide bonds. The highest BCUT2D eigenvalue weighted by molar-refractivity contribution is 6.31. The van der Waals surface area contributed by atoms with Crippen LogP contribution in [-0.4, -0.2) is 5.78 Å². The van der Waals surface area contributed by atoms with E-state index in [4.69, 9.17) is 11.6 Å². The van der Waals surface area contributed by atoms with E-state index >= 15 is 0 Å². The van der Waals surface area contributed by atoms with Crippen molar-refractivity contribution in [1.82, 2.24) is 0 Å². The highest BCUT2D eigenvalue weighted by Crippen LogP contribution is 2.27. The van der Waals surface area contributed by atoms with Crippen molar-refractivity contribution < 1.29 is 13.6 Å². The summed E-state index contributed by atoms with van der Waals surface area (Å²) in [6.45, 7) is 1.32. The first-order chi connectivity index (χ1) is 6.02. The lowest BCUT2D eigenvalue weighted by Crippen LogP contribution is -1.95. The lowest BCUT2D eigenvalue weighted by Gasteiger charge is -2.03. The second-order valence-electron chi connectivity index (χ2n) is 2.59. The maximum Gasteiger partial charge on any atom is 0.265 e. The maximum atomic E-state index is 12.3. The molecule has 0 spiro atoms. The van der Waals surface area contributed by atoms with Gasteiger partial charge >= 0.3 is 0 Å². The molecule has 0 bridgehead atoms. The summed E-state index contributed by atoms with van der Waals surface area (Å²) >= 11 is 5.50. The van der Waals surface area contributed by atoms with Crippen LogP contribution in [0.15, 0.2) is 18.2 Å². The van der Waals surface area contributed by atoms with Gasteiger partial charge < -0.3 is 0 Å². The Hall–Kier alpha value is -0.960. The minimum atomic E-state index is -2.65. The summed E-state index contributed by atoms with van der Waals surface area (Å²) in [7, 11) is 0. The summed E-state index contributed by atoms with van der Waals surface area (Å²) < 4.78 is 24.6. The molecule has 1 aromatic rings. The topological polar surface area (TPSA) is 17.1 Å². The number of alkyl halides is 2. The molecule has 1 aromatic carbocycles. The monoisotopic (exact) mass is 204 g/mol. The molecular weight excluding hydrogens is 198 g/mol. The fourth-order valence-corrected chi connectivity index (χ4v) is 1.13. The van der Waals surface area contributed by atoms with Crippen LogP contribution in [0.3, 0.4) is 0 Å². The summed E-state index contributed by atoms with van der Waals surface area (Å²) in [5.74, 6) is -0.251. The number of Topliss-reactive ketones (excluding diaryl/α,β-unsaturated/α-hetero) is 1. The lowest BCUT2D eigenvalue weighted by atomic mass is 10.1. The second kappa shape index (κ2) is 3.83. The summed E-state index contributed by atoms with van der Waals surface area (Å²) in [4.78, 5) is 10.8. The Kier molecular flexibility index (Phi) is 2.98. The highest BCUT2D eigenvalue weighted by atomic mass is 35.5. The molecule has 0 aliphatic rings. The van der Waals surface area contributed by atoms with Gasteiger partial charge in [-0.25, -0.2) is 8.78 Å². The van der Waals surface area contributed by atoms with Crippen LogP contribution < -0.4 is 0 Å². The largest absolute Gasteiger partial charge is 0.295 e. The minimum Gasteiger partial charge on any atom is -0.295 e. The molecule has 1 rings (SSSR count). The van der Waals surface area contributed by atoms with E-state index in [-0.39, 0.29) is 21.9 Å². The van der Waals surface area contributed by atoms with Crippen molar-refractivity contribution in [1.29, 1.82) is 0 Å². The zero-order valence-electron chi connectivity index (χ0n) is 6.85. The molecule has 0 N–H and O–H groups in total. The summed E-state index contributed by atoms with van der Waals surface area (Å²) in [6.07, 6.45) is -2.65. The quantitative estimate of drug-likeness (QED) is 0.674. The third-order valence-corrected chi connectivity index (χ3v) is 1.98. The van der Waals surface area contributed by atoms with Crippen molar-refractivity contribution in [2.45, 2.75) is 13.3 Å². The molecule has 1 nitrogen and oxygen atoms in total. The number of hydrogen-bond donors (Lipinski definition) is 0. The van der Waals surface area contributed by atoms with Gasteiger partial charge in [0.1, 0.15) is 0 Å². The molecule has 0 aliphatic heterocycles. The fourth-order valence-electron chi connectivity index (χ4n) is 0.930. The average Bonchev–Trinajstić information content (AvgIpc) is 2.04. The van der Waals surface area contributed by atoms with Crippen molar-refractivity contribution in [3.05, 3.63) is 34.3 Å². The third kappa shape index (κ3) is 2.25. The molecule has 0 radical (unpaired) electrons. The molecule has 0 aromatic heterocycles. The van der Waals surface area contributed by atoms with Crippen molar-refractivity contribution >= 4 is 17.4 Å². The van der Waals surface area contributed by atoms with Crippen LogP contribution >= 0.6 is 11.6 Å². The predicted octanol–water partition coefficient (Wildman–Crippen LogP) is 3.48. The smallest absolute Gasteiger partial charge is 0.265 e. The van der Waals surface area contributed by atoms with E-state index in [2.05, 4.69) is 0 Å². The minimum absolute atomic E-state index is 0.0139. The van der Waals surface area contributed by atoms with Crippen molar-refractivity contribution in [3.8, 4) is 0 Å². The van der Waals surface area contributed by atoms with Gasteiger partial charge in [0.05, 0.1) is 0 Å². The van der Waals surface area contributed by atoms with E-state index < -0.39 is 6.43 Å². The summed E-state index contributed by atoms with van der Waals surface area (Å²) in [6, 6.07) is 3.85. The molecule has 0 fully saturated rings. The van der Waals surface area contributed by atoms with Gasteiger partial charge in [-0.15, -0.1) is 0 Å². The molecule has 0 aliphatic carbocycles. The maximum absolute atomic E-state index is 12.3. The Morgan fingerprint density at radius 1 is 1.46 bits per heavy atom. The van der Waals surface area contributed by atoms with Gasteiger partial charge in [0.25, 0.3) is 6.43 Å².